The van der Waals surface area contributed by atoms with Gasteiger partial charge in [0.25, 0.3) is 0 Å². The van der Waals surface area contributed by atoms with Gasteiger partial charge in [-0.05, 0) is 31.0 Å². The number of aliphatic hydroxyl groups is 1. The van der Waals surface area contributed by atoms with Crippen LogP contribution in [-0.2, 0) is 0 Å². The average Bonchev–Trinajstić information content (AvgIpc) is 2.19. The van der Waals surface area contributed by atoms with Crippen LogP contribution in [0.25, 0.3) is 6.08 Å². The van der Waals surface area contributed by atoms with Crippen molar-refractivity contribution >= 4 is 6.08 Å². The highest BCUT2D eigenvalue weighted by molar-refractivity contribution is 5.51. The van der Waals surface area contributed by atoms with Gasteiger partial charge in [-0.1, -0.05) is 24.3 Å². The third-order valence-electron chi connectivity index (χ3n) is 1.78. The molecule has 76 valence electrons. The van der Waals surface area contributed by atoms with Crippen molar-refractivity contribution in [3.05, 3.63) is 35.9 Å². The summed E-state index contributed by atoms with van der Waals surface area (Å²) in [4.78, 5) is 0. The van der Waals surface area contributed by atoms with E-state index in [2.05, 4.69) is 0 Å². The van der Waals surface area contributed by atoms with Crippen molar-refractivity contribution in [3.8, 4) is 5.75 Å². The summed E-state index contributed by atoms with van der Waals surface area (Å²) in [5.41, 5.74) is 1.10. The van der Waals surface area contributed by atoms with Crippen LogP contribution in [0.1, 0.15) is 18.9 Å². The second-order valence-electron chi connectivity index (χ2n) is 2.92. The third-order valence-corrected chi connectivity index (χ3v) is 1.78. The van der Waals surface area contributed by atoms with Gasteiger partial charge in [0.05, 0.1) is 6.61 Å². The average molecular weight is 192 g/mol. The Bertz CT molecular complexity index is 292. The first-order chi connectivity index (χ1) is 6.86. The van der Waals surface area contributed by atoms with E-state index in [0.29, 0.717) is 13.0 Å². The van der Waals surface area contributed by atoms with Crippen molar-refractivity contribution < 1.29 is 9.84 Å². The number of rotatable bonds is 5. The molecule has 0 aromatic heterocycles. The summed E-state index contributed by atoms with van der Waals surface area (Å²) in [7, 11) is 0. The van der Waals surface area contributed by atoms with Gasteiger partial charge in [-0.25, -0.2) is 0 Å². The van der Waals surface area contributed by atoms with E-state index in [4.69, 9.17) is 9.84 Å². The predicted molar refractivity (Wildman–Crippen MR) is 58.3 cm³/mol. The highest BCUT2D eigenvalue weighted by atomic mass is 16.5. The van der Waals surface area contributed by atoms with E-state index >= 15 is 0 Å². The van der Waals surface area contributed by atoms with Gasteiger partial charge in [-0.3, -0.25) is 0 Å². The highest BCUT2D eigenvalue weighted by Crippen LogP contribution is 2.14. The van der Waals surface area contributed by atoms with Crippen molar-refractivity contribution in [2.24, 2.45) is 0 Å². The molecule has 0 spiro atoms. The van der Waals surface area contributed by atoms with Gasteiger partial charge in [-0.15, -0.1) is 0 Å². The van der Waals surface area contributed by atoms with Crippen LogP contribution in [0.4, 0.5) is 0 Å². The van der Waals surface area contributed by atoms with E-state index in [1.807, 2.05) is 43.3 Å². The van der Waals surface area contributed by atoms with Gasteiger partial charge < -0.3 is 9.84 Å². The van der Waals surface area contributed by atoms with E-state index in [1.165, 1.54) is 0 Å². The molecule has 0 aliphatic carbocycles. The zero-order valence-electron chi connectivity index (χ0n) is 8.44. The summed E-state index contributed by atoms with van der Waals surface area (Å²) in [6.07, 6.45) is 4.63. The van der Waals surface area contributed by atoms with Crippen molar-refractivity contribution in [2.45, 2.75) is 13.3 Å². The maximum Gasteiger partial charge on any atom is 0.119 e. The Hall–Kier alpha value is -1.28. The molecule has 0 aliphatic heterocycles. The minimum atomic E-state index is 0.196. The minimum absolute atomic E-state index is 0.196. The molecule has 14 heavy (non-hydrogen) atoms. The van der Waals surface area contributed by atoms with Crippen LogP contribution >= 0.6 is 0 Å². The SMILES string of the molecule is CCOc1cccc(C=CCCO)c1. The van der Waals surface area contributed by atoms with Crippen molar-refractivity contribution in [1.29, 1.82) is 0 Å². The standard InChI is InChI=1S/C12H16O2/c1-2-14-12-8-5-7-11(10-12)6-3-4-9-13/h3,5-8,10,13H,2,4,9H2,1H3. The van der Waals surface area contributed by atoms with Crippen molar-refractivity contribution in [3.63, 3.8) is 0 Å². The second-order valence-corrected chi connectivity index (χ2v) is 2.92. The molecule has 0 saturated carbocycles. The molecule has 0 bridgehead atoms. The fourth-order valence-corrected chi connectivity index (χ4v) is 1.17. The molecule has 1 aromatic carbocycles. The van der Waals surface area contributed by atoms with Crippen LogP contribution in [0.15, 0.2) is 30.3 Å². The fraction of sp³-hybridized carbons (Fsp3) is 0.333. The van der Waals surface area contributed by atoms with Crippen LogP contribution in [0.5, 0.6) is 5.75 Å². The Kier molecular flexibility index (Phi) is 4.79. The van der Waals surface area contributed by atoms with E-state index in [9.17, 15) is 0 Å². The fourth-order valence-electron chi connectivity index (χ4n) is 1.17. The number of aliphatic hydroxyl groups excluding tert-OH is 1. The smallest absolute Gasteiger partial charge is 0.119 e. The van der Waals surface area contributed by atoms with Gasteiger partial charge >= 0.3 is 0 Å². The van der Waals surface area contributed by atoms with E-state index < -0.39 is 0 Å². The third kappa shape index (κ3) is 3.62. The lowest BCUT2D eigenvalue weighted by Gasteiger charge is -2.02. The van der Waals surface area contributed by atoms with Crippen LogP contribution in [0.3, 0.4) is 0 Å². The molecular formula is C12H16O2. The topological polar surface area (TPSA) is 29.5 Å². The molecule has 0 atom stereocenters. The summed E-state index contributed by atoms with van der Waals surface area (Å²) >= 11 is 0. The molecule has 0 amide bonds. The van der Waals surface area contributed by atoms with E-state index in [0.717, 1.165) is 11.3 Å². The summed E-state index contributed by atoms with van der Waals surface area (Å²) in [5, 5.41) is 8.61. The zero-order chi connectivity index (χ0) is 10.2. The maximum atomic E-state index is 8.61. The Labute approximate surface area is 84.8 Å². The first-order valence-corrected chi connectivity index (χ1v) is 4.87. The molecule has 0 heterocycles. The van der Waals surface area contributed by atoms with Crippen molar-refractivity contribution in [2.75, 3.05) is 13.2 Å². The van der Waals surface area contributed by atoms with Crippen LogP contribution in [0.2, 0.25) is 0 Å². The van der Waals surface area contributed by atoms with Gasteiger partial charge in [0.2, 0.25) is 0 Å². The van der Waals surface area contributed by atoms with Crippen LogP contribution in [-0.4, -0.2) is 18.3 Å². The zero-order valence-corrected chi connectivity index (χ0v) is 8.44. The Morgan fingerprint density at radius 3 is 3.00 bits per heavy atom. The Balaban J connectivity index is 2.63. The molecular weight excluding hydrogens is 176 g/mol. The lowest BCUT2D eigenvalue weighted by atomic mass is 10.2. The van der Waals surface area contributed by atoms with Gasteiger partial charge in [0.1, 0.15) is 5.75 Å². The first kappa shape index (κ1) is 10.8. The monoisotopic (exact) mass is 192 g/mol. The van der Waals surface area contributed by atoms with Gasteiger partial charge in [0, 0.05) is 6.61 Å². The van der Waals surface area contributed by atoms with Crippen molar-refractivity contribution in [1.82, 2.24) is 0 Å². The Morgan fingerprint density at radius 2 is 2.29 bits per heavy atom. The molecule has 1 N–H and O–H groups in total. The molecule has 2 nitrogen and oxygen atoms in total. The maximum absolute atomic E-state index is 8.61. The highest BCUT2D eigenvalue weighted by Gasteiger charge is 1.91. The second kappa shape index (κ2) is 6.22. The lowest BCUT2D eigenvalue weighted by Crippen LogP contribution is -1.90. The molecule has 0 aliphatic rings. The van der Waals surface area contributed by atoms with Crippen LogP contribution < -0.4 is 4.74 Å². The lowest BCUT2D eigenvalue weighted by molar-refractivity contribution is 0.303. The Morgan fingerprint density at radius 1 is 1.43 bits per heavy atom. The summed E-state index contributed by atoms with van der Waals surface area (Å²) in [6, 6.07) is 7.89. The van der Waals surface area contributed by atoms with E-state index in [-0.39, 0.29) is 6.61 Å². The molecule has 0 unspecified atom stereocenters. The molecule has 1 rings (SSSR count). The van der Waals surface area contributed by atoms with Gasteiger partial charge in [-0.2, -0.15) is 0 Å². The summed E-state index contributed by atoms with van der Waals surface area (Å²) in [5.74, 6) is 0.888. The number of ether oxygens (including phenoxy) is 1. The first-order valence-electron chi connectivity index (χ1n) is 4.87. The quantitative estimate of drug-likeness (QED) is 0.776. The number of benzene rings is 1. The molecule has 1 aromatic rings. The van der Waals surface area contributed by atoms with Gasteiger partial charge in [0.15, 0.2) is 0 Å². The minimum Gasteiger partial charge on any atom is -0.494 e. The van der Waals surface area contributed by atoms with E-state index in [1.54, 1.807) is 0 Å². The molecule has 0 saturated heterocycles. The summed E-state index contributed by atoms with van der Waals surface area (Å²) in [6.45, 7) is 2.85. The normalized spacial score (nSPS) is 10.7. The largest absolute Gasteiger partial charge is 0.494 e. The summed E-state index contributed by atoms with van der Waals surface area (Å²) < 4.78 is 5.37. The molecule has 0 fully saturated rings. The predicted octanol–water partition coefficient (Wildman–Crippen LogP) is 2.48. The number of hydrogen-bond donors (Lipinski definition) is 1. The number of hydrogen-bond acceptors (Lipinski definition) is 2. The molecule has 2 heteroatoms. The van der Waals surface area contributed by atoms with Crippen LogP contribution in [0, 0.1) is 0 Å². The molecule has 0 radical (unpaired) electrons.